The summed E-state index contributed by atoms with van der Waals surface area (Å²) in [6, 6.07) is 12.6. The molecule has 6 nitrogen and oxygen atoms in total. The van der Waals surface area contributed by atoms with Crippen LogP contribution in [-0.4, -0.2) is 23.2 Å². The zero-order valence-electron chi connectivity index (χ0n) is 15.5. The summed E-state index contributed by atoms with van der Waals surface area (Å²) >= 11 is 0. The monoisotopic (exact) mass is 385 g/mol. The first-order chi connectivity index (χ1) is 13.5. The summed E-state index contributed by atoms with van der Waals surface area (Å²) in [6.07, 6.45) is 3.97. The fraction of sp³-hybridized carbons (Fsp3) is 0.286. The van der Waals surface area contributed by atoms with E-state index in [1.54, 1.807) is 6.21 Å². The first-order valence-corrected chi connectivity index (χ1v) is 9.06. The number of hydrazone groups is 1. The highest BCUT2D eigenvalue weighted by Gasteiger charge is 2.18. The van der Waals surface area contributed by atoms with E-state index in [1.165, 1.54) is 24.3 Å². The number of rotatable bonds is 10. The van der Waals surface area contributed by atoms with Gasteiger partial charge in [0.15, 0.2) is 0 Å². The number of benzene rings is 2. The number of aryl methyl sites for hydroxylation is 1. The molecule has 0 fully saturated rings. The number of carbonyl (C=O) groups excluding carboxylic acids is 1. The molecule has 0 heterocycles. The summed E-state index contributed by atoms with van der Waals surface area (Å²) in [5.74, 6) is 3.46. The van der Waals surface area contributed by atoms with Gasteiger partial charge in [-0.25, -0.2) is 4.39 Å². The largest absolute Gasteiger partial charge is 0.481 e. The SMILES string of the molecule is NN=Cc1ccc(CCCCC(=O)NC(CC(=O)O)c2ccc(F)cc2)cc1. The van der Waals surface area contributed by atoms with Gasteiger partial charge < -0.3 is 16.3 Å². The fourth-order valence-electron chi connectivity index (χ4n) is 2.86. The van der Waals surface area contributed by atoms with E-state index in [4.69, 9.17) is 10.9 Å². The van der Waals surface area contributed by atoms with Gasteiger partial charge in [0.05, 0.1) is 18.7 Å². The van der Waals surface area contributed by atoms with Gasteiger partial charge in [-0.1, -0.05) is 36.4 Å². The van der Waals surface area contributed by atoms with Gasteiger partial charge in [-0.05, 0) is 48.1 Å². The molecule has 2 aromatic carbocycles. The first kappa shape index (κ1) is 21.1. The molecular formula is C21H24FN3O3. The average molecular weight is 385 g/mol. The molecule has 148 valence electrons. The van der Waals surface area contributed by atoms with Crippen molar-refractivity contribution in [3.63, 3.8) is 0 Å². The Kier molecular flexibility index (Phi) is 8.14. The van der Waals surface area contributed by atoms with Crippen molar-refractivity contribution in [3.8, 4) is 0 Å². The summed E-state index contributed by atoms with van der Waals surface area (Å²) in [6.45, 7) is 0. The highest BCUT2D eigenvalue weighted by Crippen LogP contribution is 2.18. The number of aliphatic carboxylic acids is 1. The number of carboxylic acids is 1. The van der Waals surface area contributed by atoms with Crippen LogP contribution >= 0.6 is 0 Å². The van der Waals surface area contributed by atoms with Crippen molar-refractivity contribution in [1.82, 2.24) is 5.32 Å². The van der Waals surface area contributed by atoms with Crippen molar-refractivity contribution in [3.05, 3.63) is 71.0 Å². The molecule has 0 aliphatic carbocycles. The van der Waals surface area contributed by atoms with Crippen LogP contribution in [0.1, 0.15) is 48.4 Å². The number of carboxylic acid groups (broad SMARTS) is 1. The number of halogens is 1. The number of carbonyl (C=O) groups is 2. The van der Waals surface area contributed by atoms with E-state index in [0.717, 1.165) is 24.0 Å². The maximum absolute atomic E-state index is 13.1. The van der Waals surface area contributed by atoms with Gasteiger partial charge in [-0.15, -0.1) is 0 Å². The van der Waals surface area contributed by atoms with Crippen molar-refractivity contribution in [2.45, 2.75) is 38.1 Å². The third-order valence-electron chi connectivity index (χ3n) is 4.31. The summed E-state index contributed by atoms with van der Waals surface area (Å²) in [5, 5.41) is 15.3. The number of nitrogens with zero attached hydrogens (tertiary/aromatic N) is 1. The fourth-order valence-corrected chi connectivity index (χ4v) is 2.86. The molecule has 0 bridgehead atoms. The Bertz CT molecular complexity index is 805. The third kappa shape index (κ3) is 7.19. The normalized spacial score (nSPS) is 12.0. The molecule has 0 aliphatic rings. The maximum atomic E-state index is 13.1. The minimum absolute atomic E-state index is 0.218. The molecule has 7 heteroatoms. The molecule has 0 saturated heterocycles. The van der Waals surface area contributed by atoms with E-state index in [0.29, 0.717) is 18.4 Å². The predicted molar refractivity (Wildman–Crippen MR) is 105 cm³/mol. The third-order valence-corrected chi connectivity index (χ3v) is 4.31. The summed E-state index contributed by atoms with van der Waals surface area (Å²) in [7, 11) is 0. The van der Waals surface area contributed by atoms with Crippen molar-refractivity contribution in [2.24, 2.45) is 10.9 Å². The Morgan fingerprint density at radius 1 is 1.11 bits per heavy atom. The molecule has 28 heavy (non-hydrogen) atoms. The number of amides is 1. The number of nitrogens with two attached hydrogens (primary N) is 1. The van der Waals surface area contributed by atoms with E-state index in [1.807, 2.05) is 24.3 Å². The lowest BCUT2D eigenvalue weighted by molar-refractivity contribution is -0.137. The van der Waals surface area contributed by atoms with Gasteiger partial charge in [0, 0.05) is 6.42 Å². The van der Waals surface area contributed by atoms with Gasteiger partial charge >= 0.3 is 5.97 Å². The lowest BCUT2D eigenvalue weighted by atomic mass is 10.0. The Hall–Kier alpha value is -3.22. The van der Waals surface area contributed by atoms with Crippen LogP contribution in [0.15, 0.2) is 53.6 Å². The number of hydrogen-bond acceptors (Lipinski definition) is 4. The van der Waals surface area contributed by atoms with Crippen LogP contribution in [0.2, 0.25) is 0 Å². The van der Waals surface area contributed by atoms with E-state index in [2.05, 4.69) is 10.4 Å². The molecule has 1 amide bonds. The zero-order chi connectivity index (χ0) is 20.4. The molecule has 1 unspecified atom stereocenters. The van der Waals surface area contributed by atoms with Crippen LogP contribution in [0.25, 0.3) is 0 Å². The minimum atomic E-state index is -1.03. The van der Waals surface area contributed by atoms with Crippen molar-refractivity contribution in [1.29, 1.82) is 0 Å². The second kappa shape index (κ2) is 10.8. The lowest BCUT2D eigenvalue weighted by Crippen LogP contribution is -2.30. The van der Waals surface area contributed by atoms with Gasteiger partial charge in [0.1, 0.15) is 5.82 Å². The predicted octanol–water partition coefficient (Wildman–Crippen LogP) is 3.16. The van der Waals surface area contributed by atoms with Crippen LogP contribution in [0.3, 0.4) is 0 Å². The first-order valence-electron chi connectivity index (χ1n) is 9.06. The maximum Gasteiger partial charge on any atom is 0.305 e. The van der Waals surface area contributed by atoms with Crippen LogP contribution in [0.4, 0.5) is 4.39 Å². The van der Waals surface area contributed by atoms with Gasteiger partial charge in [0.25, 0.3) is 0 Å². The van der Waals surface area contributed by atoms with E-state index in [-0.39, 0.29) is 12.3 Å². The standard InChI is InChI=1S/C21H24FN3O3/c22-18-11-9-17(10-12-18)19(13-21(27)28)25-20(26)4-2-1-3-15-5-7-16(8-6-15)14-24-23/h5-12,14,19H,1-4,13,23H2,(H,25,26)(H,27,28). The van der Waals surface area contributed by atoms with Gasteiger partial charge in [-0.2, -0.15) is 5.10 Å². The van der Waals surface area contributed by atoms with Crippen LogP contribution in [0, 0.1) is 5.82 Å². The lowest BCUT2D eigenvalue weighted by Gasteiger charge is -2.17. The second-order valence-corrected chi connectivity index (χ2v) is 6.50. The van der Waals surface area contributed by atoms with Crippen LogP contribution < -0.4 is 11.2 Å². The zero-order valence-corrected chi connectivity index (χ0v) is 15.5. The molecule has 0 aliphatic heterocycles. The number of nitrogens with one attached hydrogen (secondary N) is 1. The Labute approximate surface area is 163 Å². The molecular weight excluding hydrogens is 361 g/mol. The van der Waals surface area contributed by atoms with Gasteiger partial charge in [-0.3, -0.25) is 9.59 Å². The van der Waals surface area contributed by atoms with Crippen molar-refractivity contribution in [2.75, 3.05) is 0 Å². The topological polar surface area (TPSA) is 105 Å². The number of unbranched alkanes of at least 4 members (excludes halogenated alkanes) is 1. The van der Waals surface area contributed by atoms with Crippen molar-refractivity contribution < 1.29 is 19.1 Å². The smallest absolute Gasteiger partial charge is 0.305 e. The summed E-state index contributed by atoms with van der Waals surface area (Å²) in [4.78, 5) is 23.3. The molecule has 4 N–H and O–H groups in total. The van der Waals surface area contributed by atoms with Gasteiger partial charge in [0.2, 0.25) is 5.91 Å². The Balaban J connectivity index is 1.80. The molecule has 0 spiro atoms. The van der Waals surface area contributed by atoms with Crippen LogP contribution in [0.5, 0.6) is 0 Å². The molecule has 0 saturated carbocycles. The molecule has 0 radical (unpaired) electrons. The van der Waals surface area contributed by atoms with Crippen molar-refractivity contribution >= 4 is 18.1 Å². The summed E-state index contributed by atoms with van der Waals surface area (Å²) in [5.41, 5.74) is 2.65. The van der Waals surface area contributed by atoms with Crippen LogP contribution in [-0.2, 0) is 16.0 Å². The van der Waals surface area contributed by atoms with E-state index < -0.39 is 17.8 Å². The highest BCUT2D eigenvalue weighted by atomic mass is 19.1. The number of hydrogen-bond donors (Lipinski definition) is 3. The summed E-state index contributed by atoms with van der Waals surface area (Å²) < 4.78 is 13.1. The molecule has 0 aromatic heterocycles. The van der Waals surface area contributed by atoms with E-state index >= 15 is 0 Å². The highest BCUT2D eigenvalue weighted by molar-refractivity contribution is 5.79. The molecule has 1 atom stereocenters. The second-order valence-electron chi connectivity index (χ2n) is 6.50. The van der Waals surface area contributed by atoms with E-state index in [9.17, 15) is 14.0 Å². The minimum Gasteiger partial charge on any atom is -0.481 e. The average Bonchev–Trinajstić information content (AvgIpc) is 2.66. The quantitative estimate of drug-likeness (QED) is 0.253. The molecule has 2 rings (SSSR count). The molecule has 2 aromatic rings. The Morgan fingerprint density at radius 2 is 1.79 bits per heavy atom. The Morgan fingerprint density at radius 3 is 2.39 bits per heavy atom.